The maximum atomic E-state index is 11.2. The van der Waals surface area contributed by atoms with Crippen molar-refractivity contribution in [1.82, 2.24) is 14.9 Å². The van der Waals surface area contributed by atoms with E-state index in [1.807, 2.05) is 0 Å². The van der Waals surface area contributed by atoms with Crippen LogP contribution >= 0.6 is 0 Å². The number of fused-ring (bicyclic) bond motifs is 1. The molecule has 1 saturated carbocycles. The van der Waals surface area contributed by atoms with Gasteiger partial charge in [-0.2, -0.15) is 0 Å². The fourth-order valence-electron chi connectivity index (χ4n) is 3.05. The van der Waals surface area contributed by atoms with Gasteiger partial charge in [-0.25, -0.2) is 14.8 Å². The molecule has 0 bridgehead atoms. The monoisotopic (exact) mass is 263 g/mol. The van der Waals surface area contributed by atoms with Crippen molar-refractivity contribution in [3.05, 3.63) is 23.8 Å². The van der Waals surface area contributed by atoms with Crippen molar-refractivity contribution in [1.29, 1.82) is 0 Å². The van der Waals surface area contributed by atoms with Crippen LogP contribution in [0.25, 0.3) is 0 Å². The summed E-state index contributed by atoms with van der Waals surface area (Å²) in [5, 5.41) is 9.16. The van der Waals surface area contributed by atoms with E-state index in [9.17, 15) is 4.79 Å². The second kappa shape index (κ2) is 5.22. The van der Waals surface area contributed by atoms with Gasteiger partial charge in [-0.05, 0) is 19.3 Å². The molecule has 1 N–H and O–H groups in total. The molecule has 2 aliphatic rings. The van der Waals surface area contributed by atoms with Gasteiger partial charge in [-0.1, -0.05) is 0 Å². The molecule has 1 aromatic heterocycles. The van der Waals surface area contributed by atoms with Crippen molar-refractivity contribution < 1.29 is 14.6 Å². The molecule has 6 nitrogen and oxygen atoms in total. The summed E-state index contributed by atoms with van der Waals surface area (Å²) in [7, 11) is 0. The molecule has 19 heavy (non-hydrogen) atoms. The highest BCUT2D eigenvalue weighted by molar-refractivity contribution is 5.88. The number of ether oxygens (including phenoxy) is 1. The van der Waals surface area contributed by atoms with E-state index in [0.29, 0.717) is 31.0 Å². The average Bonchev–Trinajstić information content (AvgIpc) is 2.88. The highest BCUT2D eigenvalue weighted by Crippen LogP contribution is 2.30. The Morgan fingerprint density at radius 3 is 3.26 bits per heavy atom. The molecular weight excluding hydrogens is 246 g/mol. The number of aromatic carboxylic acids is 1. The number of hydrogen-bond donors (Lipinski definition) is 1. The van der Waals surface area contributed by atoms with Crippen LogP contribution in [0.15, 0.2) is 12.5 Å². The minimum Gasteiger partial charge on any atom is -0.478 e. The lowest BCUT2D eigenvalue weighted by atomic mass is 10.1. The first kappa shape index (κ1) is 12.5. The van der Waals surface area contributed by atoms with Gasteiger partial charge in [0.2, 0.25) is 0 Å². The van der Waals surface area contributed by atoms with Gasteiger partial charge in [-0.15, -0.1) is 0 Å². The van der Waals surface area contributed by atoms with Crippen LogP contribution in [-0.2, 0) is 11.3 Å². The van der Waals surface area contributed by atoms with Crippen LogP contribution in [0.3, 0.4) is 0 Å². The Balaban J connectivity index is 1.79. The molecule has 0 amide bonds. The highest BCUT2D eigenvalue weighted by Gasteiger charge is 2.36. The Morgan fingerprint density at radius 1 is 1.53 bits per heavy atom. The molecule has 1 aliphatic carbocycles. The normalized spacial score (nSPS) is 27.2. The summed E-state index contributed by atoms with van der Waals surface area (Å²) in [5.41, 5.74) is 0.790. The Labute approximate surface area is 111 Å². The van der Waals surface area contributed by atoms with E-state index in [1.54, 1.807) is 0 Å². The van der Waals surface area contributed by atoms with E-state index in [2.05, 4.69) is 14.9 Å². The lowest BCUT2D eigenvalue weighted by molar-refractivity contribution is -0.0592. The van der Waals surface area contributed by atoms with E-state index in [1.165, 1.54) is 18.9 Å². The fourth-order valence-corrected chi connectivity index (χ4v) is 3.05. The number of nitrogens with zero attached hydrogens (tertiary/aromatic N) is 3. The van der Waals surface area contributed by atoms with Crippen LogP contribution in [-0.4, -0.2) is 51.2 Å². The van der Waals surface area contributed by atoms with Gasteiger partial charge in [0.05, 0.1) is 18.4 Å². The molecule has 2 unspecified atom stereocenters. The highest BCUT2D eigenvalue weighted by atomic mass is 16.5. The quantitative estimate of drug-likeness (QED) is 0.874. The predicted molar refractivity (Wildman–Crippen MR) is 66.8 cm³/mol. The van der Waals surface area contributed by atoms with Crippen LogP contribution in [0.1, 0.15) is 35.3 Å². The van der Waals surface area contributed by atoms with Gasteiger partial charge in [0.15, 0.2) is 0 Å². The van der Waals surface area contributed by atoms with Crippen LogP contribution in [0.5, 0.6) is 0 Å². The number of carbonyl (C=O) groups is 1. The third-order valence-corrected chi connectivity index (χ3v) is 3.98. The van der Waals surface area contributed by atoms with E-state index in [-0.39, 0.29) is 5.56 Å². The van der Waals surface area contributed by atoms with Gasteiger partial charge in [0, 0.05) is 25.3 Å². The zero-order valence-electron chi connectivity index (χ0n) is 10.7. The summed E-state index contributed by atoms with van der Waals surface area (Å²) in [6.45, 7) is 2.12. The van der Waals surface area contributed by atoms with Crippen molar-refractivity contribution in [3.63, 3.8) is 0 Å². The summed E-state index contributed by atoms with van der Waals surface area (Å²) in [4.78, 5) is 21.4. The minimum absolute atomic E-state index is 0.198. The minimum atomic E-state index is -0.966. The van der Waals surface area contributed by atoms with Gasteiger partial charge in [-0.3, -0.25) is 4.90 Å². The largest absolute Gasteiger partial charge is 0.478 e. The fraction of sp³-hybridized carbons (Fsp3) is 0.615. The summed E-state index contributed by atoms with van der Waals surface area (Å²) < 4.78 is 5.76. The Kier molecular flexibility index (Phi) is 3.44. The second-order valence-corrected chi connectivity index (χ2v) is 5.07. The Hall–Kier alpha value is -1.53. The number of morpholine rings is 1. The Bertz CT molecular complexity index is 480. The molecule has 2 heterocycles. The first-order valence-electron chi connectivity index (χ1n) is 6.63. The summed E-state index contributed by atoms with van der Waals surface area (Å²) in [5.74, 6) is -0.966. The second-order valence-electron chi connectivity index (χ2n) is 5.07. The topological polar surface area (TPSA) is 75.5 Å². The lowest BCUT2D eigenvalue weighted by Gasteiger charge is -2.37. The SMILES string of the molecule is O=C(O)c1cncnc1CN1CCOC2CCCC21. The van der Waals surface area contributed by atoms with E-state index in [4.69, 9.17) is 9.84 Å². The van der Waals surface area contributed by atoms with Gasteiger partial charge in [0.25, 0.3) is 0 Å². The number of aromatic nitrogens is 2. The van der Waals surface area contributed by atoms with Crippen LogP contribution < -0.4 is 0 Å². The zero-order chi connectivity index (χ0) is 13.2. The molecule has 2 fully saturated rings. The van der Waals surface area contributed by atoms with E-state index < -0.39 is 5.97 Å². The van der Waals surface area contributed by atoms with Gasteiger partial charge >= 0.3 is 5.97 Å². The third-order valence-electron chi connectivity index (χ3n) is 3.98. The van der Waals surface area contributed by atoms with Gasteiger partial charge in [0.1, 0.15) is 11.9 Å². The molecule has 2 atom stereocenters. The van der Waals surface area contributed by atoms with Crippen LogP contribution in [0.4, 0.5) is 0 Å². The number of hydrogen-bond acceptors (Lipinski definition) is 5. The predicted octanol–water partition coefficient (Wildman–Crippen LogP) is 0.928. The van der Waals surface area contributed by atoms with Crippen molar-refractivity contribution in [3.8, 4) is 0 Å². The lowest BCUT2D eigenvalue weighted by Crippen LogP contribution is -2.48. The van der Waals surface area contributed by atoms with Crippen molar-refractivity contribution in [2.45, 2.75) is 38.0 Å². The van der Waals surface area contributed by atoms with E-state index in [0.717, 1.165) is 19.4 Å². The number of carboxylic acid groups (broad SMARTS) is 1. The van der Waals surface area contributed by atoms with Crippen LogP contribution in [0.2, 0.25) is 0 Å². The number of rotatable bonds is 3. The molecular formula is C13H17N3O3. The smallest absolute Gasteiger partial charge is 0.339 e. The molecule has 3 rings (SSSR count). The summed E-state index contributed by atoms with van der Waals surface area (Å²) >= 11 is 0. The van der Waals surface area contributed by atoms with Crippen molar-refractivity contribution in [2.24, 2.45) is 0 Å². The average molecular weight is 263 g/mol. The maximum Gasteiger partial charge on any atom is 0.339 e. The Morgan fingerprint density at radius 2 is 2.42 bits per heavy atom. The molecule has 0 spiro atoms. The molecule has 1 aromatic rings. The zero-order valence-corrected chi connectivity index (χ0v) is 10.7. The number of carboxylic acids is 1. The van der Waals surface area contributed by atoms with Gasteiger partial charge < -0.3 is 9.84 Å². The molecule has 0 radical (unpaired) electrons. The third kappa shape index (κ3) is 2.46. The molecule has 0 aromatic carbocycles. The standard InChI is InChI=1S/C13H17N3O3/c17-13(18)9-6-14-8-15-10(9)7-16-4-5-19-12-3-1-2-11(12)16/h6,8,11-12H,1-5,7H2,(H,17,18). The molecule has 1 aliphatic heterocycles. The summed E-state index contributed by atoms with van der Waals surface area (Å²) in [6.07, 6.45) is 6.51. The van der Waals surface area contributed by atoms with Crippen LogP contribution in [0, 0.1) is 0 Å². The molecule has 1 saturated heterocycles. The molecule has 102 valence electrons. The molecule has 6 heteroatoms. The maximum absolute atomic E-state index is 11.2. The van der Waals surface area contributed by atoms with Crippen molar-refractivity contribution in [2.75, 3.05) is 13.2 Å². The first-order valence-corrected chi connectivity index (χ1v) is 6.63. The summed E-state index contributed by atoms with van der Waals surface area (Å²) in [6, 6.07) is 0.408. The van der Waals surface area contributed by atoms with E-state index >= 15 is 0 Å². The van der Waals surface area contributed by atoms with Crippen molar-refractivity contribution >= 4 is 5.97 Å². The first-order chi connectivity index (χ1) is 9.25.